The zero-order chi connectivity index (χ0) is 20.9. The van der Waals surface area contributed by atoms with Crippen LogP contribution in [0.1, 0.15) is 16.7 Å². The number of halogens is 5. The summed E-state index contributed by atoms with van der Waals surface area (Å²) in [5.74, 6) is 0.986. The standard InChI is InChI=1S/C20H14F3I2N3O/c21-20(22,23)15-4-8-19(26-11-15)28-27-10-14-3-7-18(17(25)9-14)29-12-13-1-5-16(24)6-2-13/h1-11H,12H2,(H,26,28)/b27-10-. The largest absolute Gasteiger partial charge is 0.488 e. The lowest BCUT2D eigenvalue weighted by Gasteiger charge is -2.09. The van der Waals surface area contributed by atoms with Gasteiger partial charge in [-0.25, -0.2) is 4.98 Å². The van der Waals surface area contributed by atoms with Crippen LogP contribution in [0.2, 0.25) is 0 Å². The first-order chi connectivity index (χ1) is 13.8. The van der Waals surface area contributed by atoms with E-state index in [0.29, 0.717) is 6.61 Å². The van der Waals surface area contributed by atoms with E-state index in [4.69, 9.17) is 4.74 Å². The number of aromatic nitrogens is 1. The van der Waals surface area contributed by atoms with Gasteiger partial charge in [0.25, 0.3) is 0 Å². The third kappa shape index (κ3) is 6.56. The van der Waals surface area contributed by atoms with Crippen LogP contribution in [-0.2, 0) is 12.8 Å². The Labute approximate surface area is 192 Å². The molecule has 0 spiro atoms. The van der Waals surface area contributed by atoms with Gasteiger partial charge in [0.1, 0.15) is 18.2 Å². The van der Waals surface area contributed by atoms with E-state index in [1.54, 1.807) is 6.21 Å². The predicted octanol–water partition coefficient (Wildman–Crippen LogP) is 6.33. The second kappa shape index (κ2) is 9.74. The molecule has 2 aromatic carbocycles. The molecule has 0 saturated carbocycles. The summed E-state index contributed by atoms with van der Waals surface area (Å²) in [4.78, 5) is 3.70. The minimum Gasteiger partial charge on any atom is -0.488 e. The van der Waals surface area contributed by atoms with Gasteiger partial charge >= 0.3 is 6.18 Å². The molecule has 9 heteroatoms. The van der Waals surface area contributed by atoms with Gasteiger partial charge in [0.2, 0.25) is 0 Å². The second-order valence-corrected chi connectivity index (χ2v) is 8.31. The Bertz CT molecular complexity index is 991. The van der Waals surface area contributed by atoms with Crippen molar-refractivity contribution in [2.45, 2.75) is 12.8 Å². The molecular weight excluding hydrogens is 609 g/mol. The van der Waals surface area contributed by atoms with Crippen LogP contribution in [0.5, 0.6) is 5.75 Å². The fourth-order valence-corrected chi connectivity index (χ4v) is 3.31. The Morgan fingerprint density at radius 1 is 1.03 bits per heavy atom. The summed E-state index contributed by atoms with van der Waals surface area (Å²) < 4.78 is 45.5. The monoisotopic (exact) mass is 623 g/mol. The number of pyridine rings is 1. The normalized spacial score (nSPS) is 11.6. The summed E-state index contributed by atoms with van der Waals surface area (Å²) >= 11 is 4.44. The molecule has 1 N–H and O–H groups in total. The van der Waals surface area contributed by atoms with Gasteiger partial charge in [-0.3, -0.25) is 5.43 Å². The highest BCUT2D eigenvalue weighted by Gasteiger charge is 2.30. The minimum absolute atomic E-state index is 0.224. The number of benzene rings is 2. The average Bonchev–Trinajstić information content (AvgIpc) is 2.68. The number of nitrogens with zero attached hydrogens (tertiary/aromatic N) is 2. The van der Waals surface area contributed by atoms with Crippen molar-refractivity contribution in [3.8, 4) is 5.75 Å². The fraction of sp³-hybridized carbons (Fsp3) is 0.100. The van der Waals surface area contributed by atoms with Gasteiger partial charge in [0.05, 0.1) is 15.3 Å². The summed E-state index contributed by atoms with van der Waals surface area (Å²) in [5, 5.41) is 4.01. The summed E-state index contributed by atoms with van der Waals surface area (Å²) in [7, 11) is 0. The zero-order valence-electron chi connectivity index (χ0n) is 14.8. The Balaban J connectivity index is 1.57. The van der Waals surface area contributed by atoms with Crippen molar-refractivity contribution in [3.63, 3.8) is 0 Å². The van der Waals surface area contributed by atoms with E-state index in [9.17, 15) is 13.2 Å². The quantitative estimate of drug-likeness (QED) is 0.198. The maximum atomic E-state index is 12.5. The predicted molar refractivity (Wildman–Crippen MR) is 123 cm³/mol. The average molecular weight is 623 g/mol. The number of hydrogen-bond acceptors (Lipinski definition) is 4. The minimum atomic E-state index is -4.41. The molecule has 29 heavy (non-hydrogen) atoms. The molecule has 1 heterocycles. The number of ether oxygens (including phenoxy) is 1. The lowest BCUT2D eigenvalue weighted by atomic mass is 10.2. The number of anilines is 1. The molecular formula is C20H14F3I2N3O. The van der Waals surface area contributed by atoms with Crippen LogP contribution in [0.25, 0.3) is 0 Å². The van der Waals surface area contributed by atoms with Crippen molar-refractivity contribution in [3.05, 3.63) is 84.6 Å². The highest BCUT2D eigenvalue weighted by molar-refractivity contribution is 14.1. The first-order valence-corrected chi connectivity index (χ1v) is 10.5. The molecule has 0 aliphatic rings. The summed E-state index contributed by atoms with van der Waals surface area (Å²) in [6.07, 6.45) is -2.08. The van der Waals surface area contributed by atoms with Crippen molar-refractivity contribution in [2.24, 2.45) is 5.10 Å². The fourth-order valence-electron chi connectivity index (χ4n) is 2.26. The van der Waals surface area contributed by atoms with Crippen LogP contribution in [0.15, 0.2) is 65.9 Å². The third-order valence-corrected chi connectivity index (χ3v) is 5.31. The van der Waals surface area contributed by atoms with Crippen molar-refractivity contribution in [1.29, 1.82) is 0 Å². The molecule has 0 aliphatic heterocycles. The number of alkyl halides is 3. The molecule has 0 bridgehead atoms. The van der Waals surface area contributed by atoms with Gasteiger partial charge in [0.15, 0.2) is 0 Å². The van der Waals surface area contributed by atoms with Crippen molar-refractivity contribution >= 4 is 57.2 Å². The summed E-state index contributed by atoms with van der Waals surface area (Å²) in [6, 6.07) is 15.9. The van der Waals surface area contributed by atoms with E-state index < -0.39 is 11.7 Å². The second-order valence-electron chi connectivity index (χ2n) is 5.90. The molecule has 4 nitrogen and oxygen atoms in total. The van der Waals surface area contributed by atoms with Gasteiger partial charge < -0.3 is 4.74 Å². The van der Waals surface area contributed by atoms with E-state index in [1.807, 2.05) is 42.5 Å². The number of hydrazone groups is 1. The van der Waals surface area contributed by atoms with Gasteiger partial charge in [-0.1, -0.05) is 12.1 Å². The first kappa shape index (κ1) is 21.8. The molecule has 0 aliphatic carbocycles. The maximum absolute atomic E-state index is 12.5. The molecule has 1 aromatic heterocycles. The smallest absolute Gasteiger partial charge is 0.417 e. The Kier molecular flexibility index (Phi) is 7.33. The molecule has 150 valence electrons. The Morgan fingerprint density at radius 2 is 1.79 bits per heavy atom. The van der Waals surface area contributed by atoms with Gasteiger partial charge in [-0.05, 0) is 98.8 Å². The van der Waals surface area contributed by atoms with Crippen molar-refractivity contribution in [2.75, 3.05) is 5.43 Å². The third-order valence-electron chi connectivity index (χ3n) is 3.75. The molecule has 0 saturated heterocycles. The van der Waals surface area contributed by atoms with Crippen LogP contribution >= 0.6 is 45.2 Å². The van der Waals surface area contributed by atoms with Gasteiger partial charge in [0, 0.05) is 9.77 Å². The SMILES string of the molecule is FC(F)(F)c1ccc(N/N=C\c2ccc(OCc3ccc(I)cc3)c(I)c2)nc1. The molecule has 0 fully saturated rings. The maximum Gasteiger partial charge on any atom is 0.417 e. The van der Waals surface area contributed by atoms with E-state index in [0.717, 1.165) is 32.7 Å². The molecule has 0 atom stereocenters. The molecule has 3 aromatic rings. The lowest BCUT2D eigenvalue weighted by molar-refractivity contribution is -0.137. The molecule has 0 unspecified atom stereocenters. The van der Waals surface area contributed by atoms with Crippen LogP contribution < -0.4 is 10.2 Å². The molecule has 0 amide bonds. The van der Waals surface area contributed by atoms with E-state index in [-0.39, 0.29) is 5.82 Å². The van der Waals surface area contributed by atoms with Crippen molar-refractivity contribution < 1.29 is 17.9 Å². The number of hydrogen-bond donors (Lipinski definition) is 1. The Hall–Kier alpha value is -1.89. The number of rotatable bonds is 6. The van der Waals surface area contributed by atoms with E-state index in [1.165, 1.54) is 9.64 Å². The van der Waals surface area contributed by atoms with Gasteiger partial charge in [-0.15, -0.1) is 0 Å². The Morgan fingerprint density at radius 3 is 2.41 bits per heavy atom. The summed E-state index contributed by atoms with van der Waals surface area (Å²) in [6.45, 7) is 0.474. The topological polar surface area (TPSA) is 46.5 Å². The van der Waals surface area contributed by atoms with Crippen LogP contribution in [0.4, 0.5) is 19.0 Å². The van der Waals surface area contributed by atoms with Crippen LogP contribution in [0.3, 0.4) is 0 Å². The van der Waals surface area contributed by atoms with Gasteiger partial charge in [-0.2, -0.15) is 18.3 Å². The highest BCUT2D eigenvalue weighted by Crippen LogP contribution is 2.28. The van der Waals surface area contributed by atoms with Crippen LogP contribution in [0, 0.1) is 7.14 Å². The highest BCUT2D eigenvalue weighted by atomic mass is 127. The molecule has 3 rings (SSSR count). The van der Waals surface area contributed by atoms with E-state index >= 15 is 0 Å². The van der Waals surface area contributed by atoms with E-state index in [2.05, 4.69) is 60.7 Å². The number of nitrogens with one attached hydrogen (secondary N) is 1. The van der Waals surface area contributed by atoms with Crippen LogP contribution in [-0.4, -0.2) is 11.2 Å². The van der Waals surface area contributed by atoms with Crippen molar-refractivity contribution in [1.82, 2.24) is 4.98 Å². The zero-order valence-corrected chi connectivity index (χ0v) is 19.1. The first-order valence-electron chi connectivity index (χ1n) is 8.30. The lowest BCUT2D eigenvalue weighted by Crippen LogP contribution is -2.05. The summed E-state index contributed by atoms with van der Waals surface area (Å²) in [5.41, 5.74) is 3.71. The molecule has 0 radical (unpaired) electrons.